The van der Waals surface area contributed by atoms with Crippen LogP contribution in [-0.2, 0) is 0 Å². The third kappa shape index (κ3) is 4.92. The summed E-state index contributed by atoms with van der Waals surface area (Å²) in [6.45, 7) is 9.46. The number of pyridine rings is 1. The molecule has 0 spiro atoms. The van der Waals surface area contributed by atoms with Gasteiger partial charge in [0.15, 0.2) is 5.82 Å². The first-order valence-corrected chi connectivity index (χ1v) is 9.90. The first-order chi connectivity index (χ1) is 13.5. The Morgan fingerprint density at radius 3 is 2.68 bits per heavy atom. The second kappa shape index (κ2) is 9.23. The van der Waals surface area contributed by atoms with Crippen LogP contribution < -0.4 is 14.4 Å². The summed E-state index contributed by atoms with van der Waals surface area (Å²) in [6.07, 6.45) is 3.85. The summed E-state index contributed by atoms with van der Waals surface area (Å²) >= 11 is 0. The van der Waals surface area contributed by atoms with Crippen LogP contribution in [0.4, 0.5) is 6.01 Å². The van der Waals surface area contributed by atoms with Crippen LogP contribution in [0.2, 0.25) is 0 Å². The van der Waals surface area contributed by atoms with Crippen LogP contribution in [0, 0.1) is 6.92 Å². The van der Waals surface area contributed by atoms with Crippen molar-refractivity contribution in [2.75, 3.05) is 45.3 Å². The Bertz CT molecular complexity index is 756. The standard InChI is InChI=1S/C20H31N5O3/c1-14(2)18-22-20(28-23-18)25-8-6-16(7-9-25)24(4)10-11-27-17-12-15(3)19(26-5)21-13-17/h12-14,16H,6-11H2,1-5H3. The molecule has 0 N–H and O–H groups in total. The lowest BCUT2D eigenvalue weighted by atomic mass is 10.0. The van der Waals surface area contributed by atoms with Crippen molar-refractivity contribution in [3.63, 3.8) is 0 Å². The van der Waals surface area contributed by atoms with Crippen molar-refractivity contribution in [2.45, 2.75) is 45.6 Å². The molecule has 154 valence electrons. The minimum Gasteiger partial charge on any atom is -0.491 e. The number of aromatic nitrogens is 3. The number of piperidine rings is 1. The summed E-state index contributed by atoms with van der Waals surface area (Å²) in [5.41, 5.74) is 0.974. The molecule has 2 aromatic heterocycles. The van der Waals surface area contributed by atoms with Crippen LogP contribution in [-0.4, -0.2) is 66.5 Å². The Kier molecular flexibility index (Phi) is 6.72. The summed E-state index contributed by atoms with van der Waals surface area (Å²) in [5, 5.41) is 4.06. The lowest BCUT2D eigenvalue weighted by Crippen LogP contribution is -2.44. The minimum absolute atomic E-state index is 0.283. The lowest BCUT2D eigenvalue weighted by Gasteiger charge is -2.35. The van der Waals surface area contributed by atoms with Gasteiger partial charge in [0, 0.05) is 37.2 Å². The number of hydrogen-bond donors (Lipinski definition) is 0. The molecule has 1 saturated heterocycles. The molecule has 3 rings (SSSR count). The Morgan fingerprint density at radius 1 is 1.32 bits per heavy atom. The summed E-state index contributed by atoms with van der Waals surface area (Å²) < 4.78 is 16.5. The lowest BCUT2D eigenvalue weighted by molar-refractivity contribution is 0.168. The second-order valence-corrected chi connectivity index (χ2v) is 7.63. The van der Waals surface area contributed by atoms with Crippen LogP contribution in [0.1, 0.15) is 44.0 Å². The van der Waals surface area contributed by atoms with Gasteiger partial charge in [-0.05, 0) is 32.9 Å². The number of likely N-dealkylation sites (N-methyl/N-ethyl adjacent to an activating group) is 1. The first-order valence-electron chi connectivity index (χ1n) is 9.90. The Labute approximate surface area is 166 Å². The zero-order chi connectivity index (χ0) is 20.1. The normalized spacial score (nSPS) is 15.5. The predicted octanol–water partition coefficient (Wildman–Crippen LogP) is 2.88. The molecule has 1 aliphatic rings. The smallest absolute Gasteiger partial charge is 0.324 e. The number of anilines is 1. The zero-order valence-electron chi connectivity index (χ0n) is 17.5. The van der Waals surface area contributed by atoms with Gasteiger partial charge in [0.2, 0.25) is 5.88 Å². The van der Waals surface area contributed by atoms with E-state index in [0.29, 0.717) is 24.5 Å². The van der Waals surface area contributed by atoms with Crippen molar-refractivity contribution in [1.29, 1.82) is 0 Å². The van der Waals surface area contributed by atoms with Crippen molar-refractivity contribution in [1.82, 2.24) is 20.0 Å². The van der Waals surface area contributed by atoms with Crippen LogP contribution in [0.5, 0.6) is 11.6 Å². The maximum absolute atomic E-state index is 5.86. The average molecular weight is 390 g/mol. The first kappa shape index (κ1) is 20.4. The summed E-state index contributed by atoms with van der Waals surface area (Å²) in [6, 6.07) is 3.14. The summed E-state index contributed by atoms with van der Waals surface area (Å²) in [4.78, 5) is 13.3. The molecule has 3 heterocycles. The number of methoxy groups -OCH3 is 1. The molecular weight excluding hydrogens is 358 g/mol. The molecule has 0 atom stereocenters. The average Bonchev–Trinajstić information content (AvgIpc) is 3.19. The van der Waals surface area contributed by atoms with Gasteiger partial charge in [-0.3, -0.25) is 4.90 Å². The highest BCUT2D eigenvalue weighted by atomic mass is 16.5. The van der Waals surface area contributed by atoms with Crippen molar-refractivity contribution in [3.05, 3.63) is 23.7 Å². The van der Waals surface area contributed by atoms with Crippen molar-refractivity contribution in [3.8, 4) is 11.6 Å². The zero-order valence-corrected chi connectivity index (χ0v) is 17.5. The Balaban J connectivity index is 1.42. The van der Waals surface area contributed by atoms with Gasteiger partial charge in [-0.25, -0.2) is 4.98 Å². The Hall–Kier alpha value is -2.35. The van der Waals surface area contributed by atoms with E-state index in [1.165, 1.54) is 0 Å². The topological polar surface area (TPSA) is 76.8 Å². The van der Waals surface area contributed by atoms with E-state index in [0.717, 1.165) is 49.6 Å². The molecule has 28 heavy (non-hydrogen) atoms. The van der Waals surface area contributed by atoms with Gasteiger partial charge in [-0.2, -0.15) is 4.98 Å². The number of hydrogen-bond acceptors (Lipinski definition) is 8. The van der Waals surface area contributed by atoms with Gasteiger partial charge in [0.25, 0.3) is 0 Å². The second-order valence-electron chi connectivity index (χ2n) is 7.63. The molecule has 1 aliphatic heterocycles. The van der Waals surface area contributed by atoms with Gasteiger partial charge in [-0.1, -0.05) is 19.0 Å². The third-order valence-electron chi connectivity index (χ3n) is 5.22. The largest absolute Gasteiger partial charge is 0.491 e. The van der Waals surface area contributed by atoms with Gasteiger partial charge in [0.1, 0.15) is 12.4 Å². The van der Waals surface area contributed by atoms with Gasteiger partial charge < -0.3 is 18.9 Å². The van der Waals surface area contributed by atoms with E-state index < -0.39 is 0 Å². The van der Waals surface area contributed by atoms with Gasteiger partial charge >= 0.3 is 6.01 Å². The quantitative estimate of drug-likeness (QED) is 0.682. The van der Waals surface area contributed by atoms with Crippen LogP contribution in [0.3, 0.4) is 0 Å². The fraction of sp³-hybridized carbons (Fsp3) is 0.650. The fourth-order valence-electron chi connectivity index (χ4n) is 3.41. The van der Waals surface area contributed by atoms with E-state index in [1.54, 1.807) is 13.3 Å². The summed E-state index contributed by atoms with van der Waals surface area (Å²) in [7, 11) is 3.78. The molecule has 0 radical (unpaired) electrons. The molecule has 2 aromatic rings. The SMILES string of the molecule is COc1ncc(OCCN(C)C2CCN(c3nc(C(C)C)no3)CC2)cc1C. The third-order valence-corrected chi connectivity index (χ3v) is 5.22. The molecule has 0 saturated carbocycles. The molecule has 8 heteroatoms. The monoisotopic (exact) mass is 389 g/mol. The van der Waals surface area contributed by atoms with Crippen LogP contribution in [0.25, 0.3) is 0 Å². The number of rotatable bonds is 8. The molecule has 1 fully saturated rings. The highest BCUT2D eigenvalue weighted by molar-refractivity contribution is 5.32. The molecular formula is C20H31N5O3. The molecule has 0 aromatic carbocycles. The number of aryl methyl sites for hydroxylation is 1. The maximum Gasteiger partial charge on any atom is 0.324 e. The van der Waals surface area contributed by atoms with Crippen LogP contribution in [0.15, 0.2) is 16.8 Å². The predicted molar refractivity (Wildman–Crippen MR) is 107 cm³/mol. The molecule has 0 bridgehead atoms. The maximum atomic E-state index is 5.86. The van der Waals surface area contributed by atoms with E-state index in [-0.39, 0.29) is 5.92 Å². The van der Waals surface area contributed by atoms with Gasteiger partial charge in [0.05, 0.1) is 13.3 Å². The molecule has 8 nitrogen and oxygen atoms in total. The number of ether oxygens (including phenoxy) is 2. The van der Waals surface area contributed by atoms with E-state index >= 15 is 0 Å². The molecule has 0 aliphatic carbocycles. The highest BCUT2D eigenvalue weighted by Crippen LogP contribution is 2.23. The Morgan fingerprint density at radius 2 is 2.07 bits per heavy atom. The minimum atomic E-state index is 0.283. The number of nitrogens with zero attached hydrogens (tertiary/aromatic N) is 5. The van der Waals surface area contributed by atoms with Crippen molar-refractivity contribution in [2.24, 2.45) is 0 Å². The van der Waals surface area contributed by atoms with Crippen molar-refractivity contribution >= 4 is 6.01 Å². The fourth-order valence-corrected chi connectivity index (χ4v) is 3.41. The van der Waals surface area contributed by atoms with E-state index in [9.17, 15) is 0 Å². The van der Waals surface area contributed by atoms with Crippen LogP contribution >= 0.6 is 0 Å². The van der Waals surface area contributed by atoms with E-state index in [2.05, 4.69) is 45.8 Å². The van der Waals surface area contributed by atoms with Gasteiger partial charge in [-0.15, -0.1) is 0 Å². The molecule has 0 amide bonds. The molecule has 0 unspecified atom stereocenters. The highest BCUT2D eigenvalue weighted by Gasteiger charge is 2.25. The summed E-state index contributed by atoms with van der Waals surface area (Å²) in [5.74, 6) is 2.47. The van der Waals surface area contributed by atoms with Crippen molar-refractivity contribution < 1.29 is 14.0 Å². The van der Waals surface area contributed by atoms with E-state index in [1.807, 2.05) is 13.0 Å². The van der Waals surface area contributed by atoms with E-state index in [4.69, 9.17) is 14.0 Å².